The van der Waals surface area contributed by atoms with Crippen molar-refractivity contribution in [3.63, 3.8) is 0 Å². The van der Waals surface area contributed by atoms with E-state index in [9.17, 15) is 5.11 Å². The van der Waals surface area contributed by atoms with Gasteiger partial charge in [0.25, 0.3) is 0 Å². The molecule has 0 bridgehead atoms. The monoisotopic (exact) mass is 266 g/mol. The summed E-state index contributed by atoms with van der Waals surface area (Å²) in [6, 6.07) is 0. The summed E-state index contributed by atoms with van der Waals surface area (Å²) in [6.45, 7) is 9.15. The topological polar surface area (TPSA) is 29.5 Å². The molecule has 2 saturated carbocycles. The van der Waals surface area contributed by atoms with Crippen molar-refractivity contribution >= 4 is 0 Å². The number of hydrogen-bond donors (Lipinski definition) is 1. The normalized spacial score (nSPS) is 53.2. The lowest BCUT2D eigenvalue weighted by Crippen LogP contribution is -2.45. The average Bonchev–Trinajstić information content (AvgIpc) is 2.51. The summed E-state index contributed by atoms with van der Waals surface area (Å²) in [5.41, 5.74) is 0.472. The summed E-state index contributed by atoms with van der Waals surface area (Å²) in [5.74, 6) is 2.23. The van der Waals surface area contributed by atoms with E-state index in [1.807, 2.05) is 0 Å². The van der Waals surface area contributed by atoms with Crippen molar-refractivity contribution in [1.29, 1.82) is 0 Å². The largest absolute Gasteiger partial charge is 0.392 e. The van der Waals surface area contributed by atoms with Crippen LogP contribution < -0.4 is 0 Å². The number of aliphatic hydroxyl groups excluding tert-OH is 1. The van der Waals surface area contributed by atoms with Gasteiger partial charge in [-0.2, -0.15) is 0 Å². The Morgan fingerprint density at radius 1 is 1.00 bits per heavy atom. The number of fused-ring (bicyclic) bond motifs is 2. The van der Waals surface area contributed by atoms with Gasteiger partial charge in [-0.3, -0.25) is 0 Å². The lowest BCUT2D eigenvalue weighted by molar-refractivity contribution is -0.0479. The van der Waals surface area contributed by atoms with Crippen LogP contribution in [0.1, 0.15) is 59.8 Å². The standard InChI is InChI=1S/C17H30O2/c1-10-14-9-12-5-7-17(3,4)8-6-13(12)16(18)15(14)11(2)19-10/h10-16,18H,5-9H2,1-4H3. The lowest BCUT2D eigenvalue weighted by atomic mass is 9.63. The maximum Gasteiger partial charge on any atom is 0.0627 e. The molecule has 2 nitrogen and oxygen atoms in total. The molecule has 19 heavy (non-hydrogen) atoms. The molecule has 0 amide bonds. The van der Waals surface area contributed by atoms with Crippen LogP contribution in [0, 0.1) is 29.1 Å². The van der Waals surface area contributed by atoms with Crippen LogP contribution in [0.25, 0.3) is 0 Å². The van der Waals surface area contributed by atoms with Gasteiger partial charge in [-0.1, -0.05) is 13.8 Å². The Labute approximate surface area is 117 Å². The van der Waals surface area contributed by atoms with E-state index in [4.69, 9.17) is 4.74 Å². The molecule has 1 saturated heterocycles. The minimum Gasteiger partial charge on any atom is -0.392 e. The molecule has 3 fully saturated rings. The van der Waals surface area contributed by atoms with Gasteiger partial charge in [0.15, 0.2) is 0 Å². The molecule has 0 aromatic rings. The van der Waals surface area contributed by atoms with Crippen molar-refractivity contribution in [2.45, 2.75) is 78.1 Å². The first kappa shape index (κ1) is 13.9. The summed E-state index contributed by atoms with van der Waals surface area (Å²) in [7, 11) is 0. The zero-order valence-electron chi connectivity index (χ0n) is 12.9. The van der Waals surface area contributed by atoms with E-state index in [-0.39, 0.29) is 12.2 Å². The first-order valence-electron chi connectivity index (χ1n) is 8.22. The van der Waals surface area contributed by atoms with Gasteiger partial charge in [0, 0.05) is 5.92 Å². The highest BCUT2D eigenvalue weighted by Crippen LogP contribution is 2.52. The lowest BCUT2D eigenvalue weighted by Gasteiger charge is -2.43. The third kappa shape index (κ3) is 2.35. The van der Waals surface area contributed by atoms with Crippen LogP contribution in [0.4, 0.5) is 0 Å². The maximum absolute atomic E-state index is 10.9. The van der Waals surface area contributed by atoms with Crippen LogP contribution in [0.15, 0.2) is 0 Å². The Morgan fingerprint density at radius 3 is 2.42 bits per heavy atom. The fourth-order valence-electron chi connectivity index (χ4n) is 5.16. The molecule has 1 N–H and O–H groups in total. The van der Waals surface area contributed by atoms with E-state index in [0.717, 1.165) is 5.92 Å². The van der Waals surface area contributed by atoms with E-state index >= 15 is 0 Å². The van der Waals surface area contributed by atoms with Gasteiger partial charge >= 0.3 is 0 Å². The molecule has 2 heteroatoms. The van der Waals surface area contributed by atoms with Crippen LogP contribution in [0.2, 0.25) is 0 Å². The predicted octanol–water partition coefficient (Wildman–Crippen LogP) is 3.62. The molecule has 3 rings (SSSR count). The Morgan fingerprint density at radius 2 is 1.68 bits per heavy atom. The van der Waals surface area contributed by atoms with Crippen molar-refractivity contribution < 1.29 is 9.84 Å². The van der Waals surface area contributed by atoms with E-state index in [0.29, 0.717) is 29.3 Å². The quantitative estimate of drug-likeness (QED) is 0.725. The van der Waals surface area contributed by atoms with Crippen LogP contribution in [0.3, 0.4) is 0 Å². The second-order valence-electron chi connectivity index (χ2n) is 8.18. The highest BCUT2D eigenvalue weighted by atomic mass is 16.5. The second-order valence-corrected chi connectivity index (χ2v) is 8.18. The number of aliphatic hydroxyl groups is 1. The third-order valence-corrected chi connectivity index (χ3v) is 6.43. The summed E-state index contributed by atoms with van der Waals surface area (Å²) in [6.07, 6.45) is 6.85. The van der Waals surface area contributed by atoms with E-state index in [2.05, 4.69) is 27.7 Å². The molecule has 7 atom stereocenters. The fourth-order valence-corrected chi connectivity index (χ4v) is 5.16. The fraction of sp³-hybridized carbons (Fsp3) is 1.00. The molecule has 2 aliphatic carbocycles. The number of rotatable bonds is 0. The highest BCUT2D eigenvalue weighted by molar-refractivity contribution is 5.01. The Balaban J connectivity index is 1.81. The van der Waals surface area contributed by atoms with Crippen LogP contribution >= 0.6 is 0 Å². The molecular formula is C17H30O2. The maximum atomic E-state index is 10.9. The van der Waals surface area contributed by atoms with Crippen LogP contribution in [-0.2, 0) is 4.74 Å². The smallest absolute Gasteiger partial charge is 0.0627 e. The molecule has 7 unspecified atom stereocenters. The van der Waals surface area contributed by atoms with Gasteiger partial charge in [0.05, 0.1) is 18.3 Å². The minimum absolute atomic E-state index is 0.127. The van der Waals surface area contributed by atoms with Gasteiger partial charge in [-0.25, -0.2) is 0 Å². The van der Waals surface area contributed by atoms with E-state index < -0.39 is 0 Å². The first-order valence-corrected chi connectivity index (χ1v) is 8.22. The molecule has 0 radical (unpaired) electrons. The Bertz CT molecular complexity index is 338. The molecular weight excluding hydrogens is 236 g/mol. The van der Waals surface area contributed by atoms with Crippen LogP contribution in [0.5, 0.6) is 0 Å². The molecule has 0 spiro atoms. The molecule has 0 aromatic carbocycles. The third-order valence-electron chi connectivity index (χ3n) is 6.43. The van der Waals surface area contributed by atoms with E-state index in [1.165, 1.54) is 32.1 Å². The zero-order valence-corrected chi connectivity index (χ0v) is 12.9. The van der Waals surface area contributed by atoms with Gasteiger partial charge < -0.3 is 9.84 Å². The highest BCUT2D eigenvalue weighted by Gasteiger charge is 2.52. The van der Waals surface area contributed by atoms with Gasteiger partial charge in [-0.05, 0) is 69.1 Å². The molecule has 0 aromatic heterocycles. The molecule has 110 valence electrons. The van der Waals surface area contributed by atoms with Gasteiger partial charge in [0.2, 0.25) is 0 Å². The molecule has 1 aliphatic heterocycles. The minimum atomic E-state index is -0.127. The summed E-state index contributed by atoms with van der Waals surface area (Å²) in [5, 5.41) is 10.9. The van der Waals surface area contributed by atoms with Crippen LogP contribution in [-0.4, -0.2) is 23.4 Å². The molecule has 3 aliphatic rings. The van der Waals surface area contributed by atoms with Gasteiger partial charge in [-0.15, -0.1) is 0 Å². The summed E-state index contributed by atoms with van der Waals surface area (Å²) >= 11 is 0. The summed E-state index contributed by atoms with van der Waals surface area (Å²) < 4.78 is 6.00. The SMILES string of the molecule is CC1OC(C)C2C(O)C3CCC(C)(C)CCC3CC12. The molecule has 1 heterocycles. The zero-order chi connectivity index (χ0) is 13.8. The van der Waals surface area contributed by atoms with Crippen molar-refractivity contribution in [2.24, 2.45) is 29.1 Å². The van der Waals surface area contributed by atoms with Crippen molar-refractivity contribution in [3.05, 3.63) is 0 Å². The van der Waals surface area contributed by atoms with Gasteiger partial charge in [0.1, 0.15) is 0 Å². The van der Waals surface area contributed by atoms with Crippen molar-refractivity contribution in [3.8, 4) is 0 Å². The number of hydrogen-bond acceptors (Lipinski definition) is 2. The summed E-state index contributed by atoms with van der Waals surface area (Å²) in [4.78, 5) is 0. The Kier molecular flexibility index (Phi) is 3.46. The van der Waals surface area contributed by atoms with Crippen molar-refractivity contribution in [2.75, 3.05) is 0 Å². The number of ether oxygens (including phenoxy) is 1. The predicted molar refractivity (Wildman–Crippen MR) is 76.8 cm³/mol. The second kappa shape index (κ2) is 4.73. The van der Waals surface area contributed by atoms with E-state index in [1.54, 1.807) is 0 Å². The first-order chi connectivity index (χ1) is 8.89. The Hall–Kier alpha value is -0.0800. The van der Waals surface area contributed by atoms with Crippen molar-refractivity contribution in [1.82, 2.24) is 0 Å². The average molecular weight is 266 g/mol.